The fraction of sp³-hybridized carbons (Fsp3) is 0.100. The summed E-state index contributed by atoms with van der Waals surface area (Å²) in [6, 6.07) is 18.5. The van der Waals surface area contributed by atoms with Crippen LogP contribution in [0.5, 0.6) is 0 Å². The third-order valence-corrected chi connectivity index (χ3v) is 6.48. The predicted octanol–water partition coefficient (Wildman–Crippen LogP) is 8.85. The van der Waals surface area contributed by atoms with Gasteiger partial charge in [0.15, 0.2) is 11.6 Å². The van der Waals surface area contributed by atoms with E-state index in [4.69, 9.17) is 16.0 Å². The number of anilines is 1. The number of hydrogen-bond donors (Lipinski definition) is 1. The number of urea groups is 1. The number of fused-ring (bicyclic) bond motifs is 1. The van der Waals surface area contributed by atoms with Crippen LogP contribution in [0.15, 0.2) is 83.3 Å². The van der Waals surface area contributed by atoms with Crippen molar-refractivity contribution in [2.45, 2.75) is 20.0 Å². The number of nitrogens with zero attached hydrogens (tertiary/aromatic N) is 1. The number of nitrogens with one attached hydrogen (secondary N) is 1. The summed E-state index contributed by atoms with van der Waals surface area (Å²) in [6.07, 6.45) is 0. The molecule has 9 heteroatoms. The first-order valence-electron chi connectivity index (χ1n) is 11.9. The predicted molar refractivity (Wildman–Crippen MR) is 142 cm³/mol. The van der Waals surface area contributed by atoms with Crippen LogP contribution >= 0.6 is 11.6 Å². The second-order valence-corrected chi connectivity index (χ2v) is 9.47. The third kappa shape index (κ3) is 5.61. The molecule has 0 bridgehead atoms. The molecule has 0 aliphatic carbocycles. The number of amides is 2. The first-order valence-corrected chi connectivity index (χ1v) is 12.3. The van der Waals surface area contributed by atoms with Crippen molar-refractivity contribution in [1.82, 2.24) is 4.90 Å². The number of benzene rings is 4. The highest BCUT2D eigenvalue weighted by Gasteiger charge is 2.25. The Bertz CT molecular complexity index is 1660. The minimum absolute atomic E-state index is 0.174. The van der Waals surface area contributed by atoms with Crippen LogP contribution in [0.4, 0.5) is 28.0 Å². The molecular weight excluding hydrogens is 532 g/mol. The summed E-state index contributed by atoms with van der Waals surface area (Å²) in [5, 5.41) is 3.49. The number of hydrogen-bond acceptors (Lipinski definition) is 2. The first-order chi connectivity index (χ1) is 18.7. The summed E-state index contributed by atoms with van der Waals surface area (Å²) in [6.45, 7) is 1.50. The Morgan fingerprint density at radius 2 is 1.56 bits per heavy atom. The number of carbonyl (C=O) groups is 1. The fourth-order valence-electron chi connectivity index (χ4n) is 4.36. The van der Waals surface area contributed by atoms with Crippen LogP contribution < -0.4 is 5.32 Å². The van der Waals surface area contributed by atoms with Gasteiger partial charge in [-0.25, -0.2) is 22.4 Å². The molecule has 0 fully saturated rings. The van der Waals surface area contributed by atoms with Crippen molar-refractivity contribution < 1.29 is 26.8 Å². The van der Waals surface area contributed by atoms with Crippen LogP contribution in [0.3, 0.4) is 0 Å². The largest absolute Gasteiger partial charge is 0.459 e. The van der Waals surface area contributed by atoms with E-state index in [2.05, 4.69) is 5.32 Å². The van der Waals surface area contributed by atoms with E-state index in [0.29, 0.717) is 34.1 Å². The van der Waals surface area contributed by atoms with E-state index in [1.807, 2.05) is 31.2 Å². The van der Waals surface area contributed by atoms with Crippen LogP contribution in [0, 0.1) is 30.2 Å². The minimum Gasteiger partial charge on any atom is -0.459 e. The molecule has 1 aromatic heterocycles. The molecule has 0 unspecified atom stereocenters. The van der Waals surface area contributed by atoms with Crippen molar-refractivity contribution in [3.05, 3.63) is 124 Å². The van der Waals surface area contributed by atoms with Crippen LogP contribution in [0.1, 0.15) is 16.9 Å². The van der Waals surface area contributed by atoms with Gasteiger partial charge in [-0.1, -0.05) is 53.6 Å². The lowest BCUT2D eigenvalue weighted by atomic mass is 10.0. The van der Waals surface area contributed by atoms with E-state index < -0.39 is 35.0 Å². The Kier molecular flexibility index (Phi) is 7.30. The Morgan fingerprint density at radius 1 is 0.872 bits per heavy atom. The second kappa shape index (κ2) is 10.8. The monoisotopic (exact) mass is 552 g/mol. The standard InChI is InChI=1S/C30H21ClF4N2O2/c1-17-6-11-26-22(12-17)28(18-7-9-20(31)10-8-18)27(39-26)16-37(15-19-4-2-3-5-23(19)33)30(38)36-29-24(34)13-21(32)14-25(29)35/h2-14H,15-16H2,1H3,(H,36,38). The molecule has 39 heavy (non-hydrogen) atoms. The molecule has 1 N–H and O–H groups in total. The second-order valence-electron chi connectivity index (χ2n) is 9.03. The van der Waals surface area contributed by atoms with E-state index in [0.717, 1.165) is 21.4 Å². The smallest absolute Gasteiger partial charge is 0.322 e. The van der Waals surface area contributed by atoms with Gasteiger partial charge in [0, 0.05) is 33.7 Å². The van der Waals surface area contributed by atoms with Gasteiger partial charge in [0.2, 0.25) is 0 Å². The summed E-state index contributed by atoms with van der Waals surface area (Å²) in [5.41, 5.74) is 2.35. The average molecular weight is 553 g/mol. The molecule has 0 saturated heterocycles. The quantitative estimate of drug-likeness (QED) is 0.214. The molecule has 0 radical (unpaired) electrons. The van der Waals surface area contributed by atoms with E-state index >= 15 is 0 Å². The number of carbonyl (C=O) groups excluding carboxylic acids is 1. The van der Waals surface area contributed by atoms with Crippen molar-refractivity contribution in [3.8, 4) is 11.1 Å². The van der Waals surface area contributed by atoms with Gasteiger partial charge in [0.1, 0.15) is 28.7 Å². The molecule has 1 heterocycles. The summed E-state index contributed by atoms with van der Waals surface area (Å²) in [7, 11) is 0. The lowest BCUT2D eigenvalue weighted by Gasteiger charge is -2.23. The Morgan fingerprint density at radius 3 is 2.26 bits per heavy atom. The molecule has 198 valence electrons. The topological polar surface area (TPSA) is 45.5 Å². The van der Waals surface area contributed by atoms with Crippen LogP contribution in [0.25, 0.3) is 22.1 Å². The lowest BCUT2D eigenvalue weighted by molar-refractivity contribution is 0.201. The van der Waals surface area contributed by atoms with Crippen LogP contribution in [0.2, 0.25) is 5.02 Å². The van der Waals surface area contributed by atoms with Gasteiger partial charge in [-0.3, -0.25) is 0 Å². The Balaban J connectivity index is 1.58. The van der Waals surface area contributed by atoms with Crippen molar-refractivity contribution in [2.75, 3.05) is 5.32 Å². The molecule has 0 saturated carbocycles. The number of halogens is 5. The lowest BCUT2D eigenvalue weighted by Crippen LogP contribution is -2.35. The maximum absolute atomic E-state index is 14.6. The summed E-state index contributed by atoms with van der Waals surface area (Å²) >= 11 is 6.09. The van der Waals surface area contributed by atoms with Gasteiger partial charge in [0.05, 0.1) is 13.1 Å². The van der Waals surface area contributed by atoms with Crippen LogP contribution in [-0.4, -0.2) is 10.9 Å². The zero-order valence-electron chi connectivity index (χ0n) is 20.6. The van der Waals surface area contributed by atoms with Crippen molar-refractivity contribution >= 4 is 34.3 Å². The molecule has 5 rings (SSSR count). The highest BCUT2D eigenvalue weighted by Crippen LogP contribution is 2.37. The zero-order valence-corrected chi connectivity index (χ0v) is 21.3. The summed E-state index contributed by atoms with van der Waals surface area (Å²) in [4.78, 5) is 14.5. The van der Waals surface area contributed by atoms with Gasteiger partial charge >= 0.3 is 6.03 Å². The number of furan rings is 1. The van der Waals surface area contributed by atoms with E-state index in [-0.39, 0.29) is 18.7 Å². The normalized spacial score (nSPS) is 11.1. The Hall–Kier alpha value is -4.30. The van der Waals surface area contributed by atoms with Gasteiger partial charge in [0.25, 0.3) is 0 Å². The number of rotatable bonds is 6. The molecule has 4 nitrogen and oxygen atoms in total. The molecule has 0 aliphatic heterocycles. The highest BCUT2D eigenvalue weighted by atomic mass is 35.5. The van der Waals surface area contributed by atoms with E-state index in [1.54, 1.807) is 24.3 Å². The molecule has 0 atom stereocenters. The number of aryl methyl sites for hydroxylation is 1. The van der Waals surface area contributed by atoms with Crippen molar-refractivity contribution in [1.29, 1.82) is 0 Å². The molecule has 2 amide bonds. The van der Waals surface area contributed by atoms with Crippen molar-refractivity contribution in [2.24, 2.45) is 0 Å². The minimum atomic E-state index is -1.28. The fourth-order valence-corrected chi connectivity index (χ4v) is 4.49. The van der Waals surface area contributed by atoms with Gasteiger partial charge in [-0.05, 0) is 42.8 Å². The van der Waals surface area contributed by atoms with Crippen molar-refractivity contribution in [3.63, 3.8) is 0 Å². The molecule has 0 spiro atoms. The average Bonchev–Trinajstić information content (AvgIpc) is 3.24. The van der Waals surface area contributed by atoms with E-state index in [1.165, 1.54) is 18.2 Å². The molecule has 4 aromatic carbocycles. The zero-order chi connectivity index (χ0) is 27.7. The molecule has 0 aliphatic rings. The summed E-state index contributed by atoms with van der Waals surface area (Å²) < 4.78 is 62.9. The summed E-state index contributed by atoms with van der Waals surface area (Å²) in [5.74, 6) is -3.89. The highest BCUT2D eigenvalue weighted by molar-refractivity contribution is 6.30. The molecular formula is C30H21ClF4N2O2. The third-order valence-electron chi connectivity index (χ3n) is 6.23. The van der Waals surface area contributed by atoms with Gasteiger partial charge in [-0.2, -0.15) is 0 Å². The SMILES string of the molecule is Cc1ccc2oc(CN(Cc3ccccc3F)C(=O)Nc3c(F)cc(F)cc3F)c(-c3ccc(Cl)cc3)c2c1. The van der Waals surface area contributed by atoms with Crippen LogP contribution in [-0.2, 0) is 13.1 Å². The Labute approximate surface area is 226 Å². The van der Waals surface area contributed by atoms with Gasteiger partial charge in [-0.15, -0.1) is 0 Å². The molecule has 5 aromatic rings. The first kappa shape index (κ1) is 26.3. The van der Waals surface area contributed by atoms with Gasteiger partial charge < -0.3 is 14.6 Å². The maximum atomic E-state index is 14.6. The maximum Gasteiger partial charge on any atom is 0.322 e. The van der Waals surface area contributed by atoms with E-state index in [9.17, 15) is 22.4 Å².